The number of nitrogens with two attached hydrogens (primary N) is 1. The fraction of sp³-hybridized carbons (Fsp3) is 0.636. The number of hydrogen-bond donors (Lipinski definition) is 1. The molecule has 0 spiro atoms. The van der Waals surface area contributed by atoms with Crippen LogP contribution in [0.2, 0.25) is 0 Å². The van der Waals surface area contributed by atoms with Gasteiger partial charge in [-0.3, -0.25) is 9.48 Å². The van der Waals surface area contributed by atoms with Gasteiger partial charge in [-0.2, -0.15) is 5.10 Å². The molecule has 1 aromatic rings. The van der Waals surface area contributed by atoms with Crippen molar-refractivity contribution in [3.63, 3.8) is 0 Å². The molecule has 4 nitrogen and oxygen atoms in total. The zero-order valence-electron chi connectivity index (χ0n) is 9.07. The molecule has 2 N–H and O–H groups in total. The molecule has 0 unspecified atom stereocenters. The first-order valence-corrected chi connectivity index (χ1v) is 5.38. The van der Waals surface area contributed by atoms with E-state index >= 15 is 0 Å². The summed E-state index contributed by atoms with van der Waals surface area (Å²) >= 11 is 0. The van der Waals surface area contributed by atoms with Crippen molar-refractivity contribution in [2.24, 2.45) is 18.2 Å². The second-order valence-electron chi connectivity index (χ2n) is 4.35. The van der Waals surface area contributed by atoms with Crippen LogP contribution in [-0.2, 0) is 18.3 Å². The Morgan fingerprint density at radius 3 is 2.87 bits per heavy atom. The molecule has 0 radical (unpaired) electrons. The molecule has 1 aliphatic rings. The van der Waals surface area contributed by atoms with Crippen LogP contribution in [0.25, 0.3) is 0 Å². The van der Waals surface area contributed by atoms with Gasteiger partial charge in [0.25, 0.3) is 0 Å². The molecule has 1 heterocycles. The Bertz CT molecular complexity index is 366. The fourth-order valence-electron chi connectivity index (χ4n) is 1.90. The summed E-state index contributed by atoms with van der Waals surface area (Å²) in [5.74, 6) is 0.325. The molecule has 1 aliphatic carbocycles. The third-order valence-corrected chi connectivity index (χ3v) is 3.37. The van der Waals surface area contributed by atoms with Gasteiger partial charge in [0.15, 0.2) is 0 Å². The van der Waals surface area contributed by atoms with E-state index in [1.165, 1.54) is 0 Å². The van der Waals surface area contributed by atoms with Gasteiger partial charge in [-0.25, -0.2) is 0 Å². The number of carbonyl (C=O) groups excluding carboxylic acids is 1. The van der Waals surface area contributed by atoms with E-state index in [1.807, 2.05) is 17.8 Å². The van der Waals surface area contributed by atoms with E-state index < -0.39 is 0 Å². The molecule has 82 valence electrons. The summed E-state index contributed by atoms with van der Waals surface area (Å²) in [6.45, 7) is 0.511. The van der Waals surface area contributed by atoms with Crippen LogP contribution < -0.4 is 5.73 Å². The summed E-state index contributed by atoms with van der Waals surface area (Å²) in [6, 6.07) is 1.95. The van der Waals surface area contributed by atoms with Crippen LogP contribution in [0.15, 0.2) is 12.3 Å². The molecular weight excluding hydrogens is 190 g/mol. The van der Waals surface area contributed by atoms with Gasteiger partial charge in [0.1, 0.15) is 5.78 Å². The summed E-state index contributed by atoms with van der Waals surface area (Å²) in [5, 5.41) is 4.07. The number of aromatic nitrogens is 2. The number of hydrogen-bond acceptors (Lipinski definition) is 3. The van der Waals surface area contributed by atoms with Crippen molar-refractivity contribution in [2.75, 3.05) is 6.54 Å². The van der Waals surface area contributed by atoms with Gasteiger partial charge < -0.3 is 5.73 Å². The highest BCUT2D eigenvalue weighted by Crippen LogP contribution is 2.46. The lowest BCUT2D eigenvalue weighted by atomic mass is 9.97. The van der Waals surface area contributed by atoms with Crippen LogP contribution in [-0.4, -0.2) is 22.1 Å². The van der Waals surface area contributed by atoms with Gasteiger partial charge in [0, 0.05) is 37.3 Å². The predicted molar refractivity (Wildman–Crippen MR) is 57.3 cm³/mol. The third kappa shape index (κ3) is 1.95. The van der Waals surface area contributed by atoms with E-state index in [1.54, 1.807) is 6.20 Å². The summed E-state index contributed by atoms with van der Waals surface area (Å²) < 4.78 is 1.81. The van der Waals surface area contributed by atoms with Crippen molar-refractivity contribution in [1.82, 2.24) is 9.78 Å². The molecule has 1 fully saturated rings. The summed E-state index contributed by atoms with van der Waals surface area (Å²) in [6.07, 6.45) is 5.09. The minimum Gasteiger partial charge on any atom is -0.329 e. The molecule has 2 rings (SSSR count). The van der Waals surface area contributed by atoms with E-state index in [-0.39, 0.29) is 5.41 Å². The third-order valence-electron chi connectivity index (χ3n) is 3.37. The molecule has 0 aromatic carbocycles. The Labute approximate surface area is 89.5 Å². The van der Waals surface area contributed by atoms with Crippen LogP contribution in [0.1, 0.15) is 25.0 Å². The van der Waals surface area contributed by atoms with E-state index in [2.05, 4.69) is 5.10 Å². The largest absolute Gasteiger partial charge is 0.329 e. The molecule has 0 atom stereocenters. The minimum atomic E-state index is -0.154. The van der Waals surface area contributed by atoms with Crippen molar-refractivity contribution in [3.05, 3.63) is 18.0 Å². The SMILES string of the molecule is Cn1nccc1CCC(=O)C1(CN)CC1. The normalized spacial score (nSPS) is 17.7. The monoisotopic (exact) mass is 207 g/mol. The topological polar surface area (TPSA) is 60.9 Å². The highest BCUT2D eigenvalue weighted by atomic mass is 16.1. The zero-order chi connectivity index (χ0) is 10.9. The van der Waals surface area contributed by atoms with Crippen LogP contribution in [0.3, 0.4) is 0 Å². The Hall–Kier alpha value is -1.16. The first kappa shape index (κ1) is 10.4. The molecular formula is C11H17N3O. The van der Waals surface area contributed by atoms with Crippen LogP contribution >= 0.6 is 0 Å². The number of ketones is 1. The van der Waals surface area contributed by atoms with Crippen molar-refractivity contribution in [3.8, 4) is 0 Å². The van der Waals surface area contributed by atoms with Gasteiger partial charge in [0.2, 0.25) is 0 Å². The zero-order valence-corrected chi connectivity index (χ0v) is 9.07. The van der Waals surface area contributed by atoms with E-state index in [9.17, 15) is 4.79 Å². The fourth-order valence-corrected chi connectivity index (χ4v) is 1.90. The quantitative estimate of drug-likeness (QED) is 0.771. The lowest BCUT2D eigenvalue weighted by Crippen LogP contribution is -2.25. The van der Waals surface area contributed by atoms with E-state index in [4.69, 9.17) is 5.73 Å². The van der Waals surface area contributed by atoms with Crippen LogP contribution in [0, 0.1) is 5.41 Å². The van der Waals surface area contributed by atoms with Crippen LogP contribution in [0.5, 0.6) is 0 Å². The molecule has 1 aromatic heterocycles. The van der Waals surface area contributed by atoms with Crippen molar-refractivity contribution in [2.45, 2.75) is 25.7 Å². The van der Waals surface area contributed by atoms with Gasteiger partial charge in [-0.1, -0.05) is 0 Å². The lowest BCUT2D eigenvalue weighted by molar-refractivity contribution is -0.123. The summed E-state index contributed by atoms with van der Waals surface area (Å²) in [4.78, 5) is 11.9. The van der Waals surface area contributed by atoms with E-state index in [0.29, 0.717) is 18.7 Å². The first-order chi connectivity index (χ1) is 7.18. The van der Waals surface area contributed by atoms with Crippen LogP contribution in [0.4, 0.5) is 0 Å². The maximum atomic E-state index is 11.9. The second kappa shape index (κ2) is 3.77. The van der Waals surface area contributed by atoms with Gasteiger partial charge in [0.05, 0.1) is 0 Å². The van der Waals surface area contributed by atoms with Crippen molar-refractivity contribution < 1.29 is 4.79 Å². The number of aryl methyl sites for hydroxylation is 2. The Kier molecular flexibility index (Phi) is 2.61. The molecule has 1 saturated carbocycles. The Morgan fingerprint density at radius 1 is 1.67 bits per heavy atom. The first-order valence-electron chi connectivity index (χ1n) is 5.38. The molecule has 4 heteroatoms. The summed E-state index contributed by atoms with van der Waals surface area (Å²) in [5.41, 5.74) is 6.56. The number of carbonyl (C=O) groups is 1. The molecule has 0 aliphatic heterocycles. The van der Waals surface area contributed by atoms with Crippen molar-refractivity contribution >= 4 is 5.78 Å². The number of Topliss-reactive ketones (excluding diaryl/α,β-unsaturated/α-hetero) is 1. The average Bonchev–Trinajstić information content (AvgIpc) is 2.94. The Balaban J connectivity index is 1.89. The molecule has 15 heavy (non-hydrogen) atoms. The van der Waals surface area contributed by atoms with E-state index in [0.717, 1.165) is 25.0 Å². The van der Waals surface area contributed by atoms with Crippen molar-refractivity contribution in [1.29, 1.82) is 0 Å². The number of nitrogens with zero attached hydrogens (tertiary/aromatic N) is 2. The molecule has 0 saturated heterocycles. The van der Waals surface area contributed by atoms with Gasteiger partial charge in [-0.15, -0.1) is 0 Å². The maximum Gasteiger partial charge on any atom is 0.140 e. The number of rotatable bonds is 5. The smallest absolute Gasteiger partial charge is 0.140 e. The lowest BCUT2D eigenvalue weighted by Gasteiger charge is -2.10. The minimum absolute atomic E-state index is 0.154. The standard InChI is InChI=1S/C11H17N3O/c1-14-9(4-7-13-14)2-3-10(15)11(8-12)5-6-11/h4,7H,2-3,5-6,8,12H2,1H3. The van der Waals surface area contributed by atoms with Gasteiger partial charge in [-0.05, 0) is 25.3 Å². The molecule has 0 amide bonds. The second-order valence-corrected chi connectivity index (χ2v) is 4.35. The summed E-state index contributed by atoms with van der Waals surface area (Å²) in [7, 11) is 1.90. The average molecular weight is 207 g/mol. The van der Waals surface area contributed by atoms with Gasteiger partial charge >= 0.3 is 0 Å². The highest BCUT2D eigenvalue weighted by Gasteiger charge is 2.47. The maximum absolute atomic E-state index is 11.9. The Morgan fingerprint density at radius 2 is 2.40 bits per heavy atom. The molecule has 0 bridgehead atoms. The highest BCUT2D eigenvalue weighted by molar-refractivity contribution is 5.87. The predicted octanol–water partition coefficient (Wildman–Crippen LogP) is 0.661.